The van der Waals surface area contributed by atoms with Gasteiger partial charge >= 0.3 is 0 Å². The Morgan fingerprint density at radius 1 is 1.23 bits per heavy atom. The first-order chi connectivity index (χ1) is 10.5. The molecule has 0 bridgehead atoms. The summed E-state index contributed by atoms with van der Waals surface area (Å²) in [7, 11) is -3.70. The van der Waals surface area contributed by atoms with Crippen LogP contribution in [0.2, 0.25) is 0 Å². The van der Waals surface area contributed by atoms with E-state index in [9.17, 15) is 12.8 Å². The maximum absolute atomic E-state index is 14.0. The fourth-order valence-corrected chi connectivity index (χ4v) is 4.44. The minimum Gasteiger partial charge on any atom is -0.263 e. The van der Waals surface area contributed by atoms with Crippen LogP contribution in [0.4, 0.5) is 4.39 Å². The van der Waals surface area contributed by atoms with Crippen LogP contribution in [0, 0.1) is 5.82 Å². The van der Waals surface area contributed by atoms with Crippen molar-refractivity contribution in [3.05, 3.63) is 60.2 Å². The first-order valence-electron chi connectivity index (χ1n) is 7.20. The molecule has 1 aromatic heterocycles. The highest BCUT2D eigenvalue weighted by molar-refractivity contribution is 7.89. The molecule has 1 saturated carbocycles. The van der Waals surface area contributed by atoms with Crippen LogP contribution in [-0.2, 0) is 10.0 Å². The maximum atomic E-state index is 14.0. The Labute approximate surface area is 129 Å². The van der Waals surface area contributed by atoms with Gasteiger partial charge in [-0.15, -0.1) is 0 Å². The number of rotatable bonds is 5. The molecular formula is C16H17FN2O2S. The summed E-state index contributed by atoms with van der Waals surface area (Å²) in [5, 5.41) is 0. The Morgan fingerprint density at radius 2 is 1.95 bits per heavy atom. The number of nitrogens with zero attached hydrogens (tertiary/aromatic N) is 2. The largest absolute Gasteiger partial charge is 0.263 e. The lowest BCUT2D eigenvalue weighted by atomic mass is 10.1. The van der Waals surface area contributed by atoms with E-state index >= 15 is 0 Å². The molecule has 1 fully saturated rings. The van der Waals surface area contributed by atoms with E-state index in [-0.39, 0.29) is 16.8 Å². The van der Waals surface area contributed by atoms with Crippen molar-refractivity contribution in [1.29, 1.82) is 0 Å². The molecule has 1 atom stereocenters. The summed E-state index contributed by atoms with van der Waals surface area (Å²) >= 11 is 0. The molecule has 1 heterocycles. The second kappa shape index (κ2) is 5.78. The van der Waals surface area contributed by atoms with E-state index in [0.717, 1.165) is 12.8 Å². The summed E-state index contributed by atoms with van der Waals surface area (Å²) < 4.78 is 41.3. The van der Waals surface area contributed by atoms with Crippen molar-refractivity contribution in [3.8, 4) is 0 Å². The van der Waals surface area contributed by atoms with Gasteiger partial charge in [-0.25, -0.2) is 12.8 Å². The summed E-state index contributed by atoms with van der Waals surface area (Å²) in [5.74, 6) is -0.387. The number of aromatic nitrogens is 1. The number of benzene rings is 1. The Morgan fingerprint density at radius 3 is 2.55 bits per heavy atom. The van der Waals surface area contributed by atoms with Crippen LogP contribution in [-0.4, -0.2) is 23.7 Å². The van der Waals surface area contributed by atoms with E-state index in [0.29, 0.717) is 5.56 Å². The van der Waals surface area contributed by atoms with E-state index in [2.05, 4.69) is 4.98 Å². The van der Waals surface area contributed by atoms with Gasteiger partial charge in [-0.05, 0) is 38.0 Å². The van der Waals surface area contributed by atoms with E-state index < -0.39 is 16.1 Å². The average Bonchev–Trinajstić information content (AvgIpc) is 3.33. The van der Waals surface area contributed by atoms with Crippen molar-refractivity contribution < 1.29 is 12.8 Å². The number of sulfonamides is 1. The molecule has 1 aliphatic carbocycles. The molecule has 0 spiro atoms. The Kier molecular flexibility index (Phi) is 3.97. The summed E-state index contributed by atoms with van der Waals surface area (Å²) in [4.78, 5) is 4.03. The summed E-state index contributed by atoms with van der Waals surface area (Å²) in [6.45, 7) is 1.73. The van der Waals surface area contributed by atoms with Crippen molar-refractivity contribution in [1.82, 2.24) is 9.29 Å². The highest BCUT2D eigenvalue weighted by atomic mass is 32.2. The van der Waals surface area contributed by atoms with Gasteiger partial charge in [0, 0.05) is 24.0 Å². The average molecular weight is 320 g/mol. The summed E-state index contributed by atoms with van der Waals surface area (Å²) in [6, 6.07) is 8.79. The zero-order valence-electron chi connectivity index (χ0n) is 12.2. The Bertz CT molecular complexity index is 761. The van der Waals surface area contributed by atoms with Crippen LogP contribution in [0.5, 0.6) is 0 Å². The molecule has 0 amide bonds. The lowest BCUT2D eigenvalue weighted by molar-refractivity contribution is 0.327. The molecule has 1 aromatic carbocycles. The van der Waals surface area contributed by atoms with Gasteiger partial charge in [0.25, 0.3) is 0 Å². The second-order valence-corrected chi connectivity index (χ2v) is 7.30. The van der Waals surface area contributed by atoms with Crippen LogP contribution in [0.1, 0.15) is 31.4 Å². The SMILES string of the molecule is C[C@@H](c1ccccc1F)N(C1CC1)S(=O)(=O)c1cccnc1. The fourth-order valence-electron chi connectivity index (χ4n) is 2.62. The normalized spacial score (nSPS) is 16.7. The van der Waals surface area contributed by atoms with Gasteiger partial charge in [0.05, 0.1) is 6.04 Å². The fraction of sp³-hybridized carbons (Fsp3) is 0.312. The third-order valence-electron chi connectivity index (χ3n) is 3.85. The van der Waals surface area contributed by atoms with Gasteiger partial charge in [0.15, 0.2) is 0 Å². The van der Waals surface area contributed by atoms with Gasteiger partial charge in [-0.2, -0.15) is 4.31 Å². The number of halogens is 1. The maximum Gasteiger partial charge on any atom is 0.245 e. The number of pyridine rings is 1. The predicted molar refractivity (Wildman–Crippen MR) is 81.1 cm³/mol. The van der Waals surface area contributed by atoms with Crippen molar-refractivity contribution in [2.45, 2.75) is 36.7 Å². The minimum atomic E-state index is -3.70. The Hall–Kier alpha value is -1.79. The highest BCUT2D eigenvalue weighted by Crippen LogP contribution is 2.39. The smallest absolute Gasteiger partial charge is 0.245 e. The molecule has 4 nitrogen and oxygen atoms in total. The zero-order chi connectivity index (χ0) is 15.7. The molecule has 0 radical (unpaired) electrons. The van der Waals surface area contributed by atoms with Crippen LogP contribution in [0.15, 0.2) is 53.7 Å². The molecule has 6 heteroatoms. The quantitative estimate of drug-likeness (QED) is 0.850. The van der Waals surface area contributed by atoms with Crippen LogP contribution in [0.25, 0.3) is 0 Å². The molecule has 0 unspecified atom stereocenters. The van der Waals surface area contributed by atoms with Crippen LogP contribution in [0.3, 0.4) is 0 Å². The molecule has 116 valence electrons. The summed E-state index contributed by atoms with van der Waals surface area (Å²) in [5.41, 5.74) is 0.391. The van der Waals surface area contributed by atoms with Crippen LogP contribution < -0.4 is 0 Å². The molecule has 3 rings (SSSR count). The molecule has 0 N–H and O–H groups in total. The van der Waals surface area contributed by atoms with Crippen LogP contribution >= 0.6 is 0 Å². The van der Waals surface area contributed by atoms with E-state index in [1.165, 1.54) is 28.8 Å². The van der Waals surface area contributed by atoms with Gasteiger partial charge in [0.1, 0.15) is 10.7 Å². The van der Waals surface area contributed by atoms with E-state index in [1.54, 1.807) is 31.2 Å². The van der Waals surface area contributed by atoms with E-state index in [1.807, 2.05) is 0 Å². The van der Waals surface area contributed by atoms with Gasteiger partial charge in [-0.3, -0.25) is 4.98 Å². The monoisotopic (exact) mass is 320 g/mol. The minimum absolute atomic E-state index is 0.0696. The number of hydrogen-bond donors (Lipinski definition) is 0. The van der Waals surface area contributed by atoms with Crippen molar-refractivity contribution in [2.75, 3.05) is 0 Å². The van der Waals surface area contributed by atoms with Crippen molar-refractivity contribution >= 4 is 10.0 Å². The lowest BCUT2D eigenvalue weighted by Crippen LogP contribution is -2.36. The standard InChI is InChI=1S/C16H17FN2O2S/c1-12(15-6-2-3-7-16(15)17)19(13-8-9-13)22(20,21)14-5-4-10-18-11-14/h2-7,10-13H,8-9H2,1H3/t12-/m0/s1. The topological polar surface area (TPSA) is 50.3 Å². The molecule has 22 heavy (non-hydrogen) atoms. The molecule has 2 aromatic rings. The third-order valence-corrected chi connectivity index (χ3v) is 5.86. The molecule has 1 aliphatic rings. The van der Waals surface area contributed by atoms with Gasteiger partial charge in [-0.1, -0.05) is 18.2 Å². The molecule has 0 aliphatic heterocycles. The third kappa shape index (κ3) is 2.76. The zero-order valence-corrected chi connectivity index (χ0v) is 13.0. The molecule has 0 saturated heterocycles. The Balaban J connectivity index is 2.02. The van der Waals surface area contributed by atoms with E-state index in [4.69, 9.17) is 0 Å². The van der Waals surface area contributed by atoms with Crippen molar-refractivity contribution in [3.63, 3.8) is 0 Å². The van der Waals surface area contributed by atoms with Gasteiger partial charge < -0.3 is 0 Å². The first-order valence-corrected chi connectivity index (χ1v) is 8.64. The number of hydrogen-bond acceptors (Lipinski definition) is 3. The van der Waals surface area contributed by atoms with Crippen molar-refractivity contribution in [2.24, 2.45) is 0 Å². The molecular weight excluding hydrogens is 303 g/mol. The summed E-state index contributed by atoms with van der Waals surface area (Å²) in [6.07, 6.45) is 4.47. The highest BCUT2D eigenvalue weighted by Gasteiger charge is 2.42. The van der Waals surface area contributed by atoms with Gasteiger partial charge in [0.2, 0.25) is 10.0 Å². The lowest BCUT2D eigenvalue weighted by Gasteiger charge is -2.28. The predicted octanol–water partition coefficient (Wildman–Crippen LogP) is 3.14. The second-order valence-electron chi connectivity index (χ2n) is 5.45. The first kappa shape index (κ1) is 15.1.